The van der Waals surface area contributed by atoms with Gasteiger partial charge in [-0.1, -0.05) is 36.7 Å². The summed E-state index contributed by atoms with van der Waals surface area (Å²) in [6.45, 7) is 0. The summed E-state index contributed by atoms with van der Waals surface area (Å²) < 4.78 is 0. The van der Waals surface area contributed by atoms with Crippen molar-refractivity contribution in [2.45, 2.75) is 18.6 Å². The van der Waals surface area contributed by atoms with Crippen LogP contribution < -0.4 is 0 Å². The summed E-state index contributed by atoms with van der Waals surface area (Å²) in [6, 6.07) is 9.44. The summed E-state index contributed by atoms with van der Waals surface area (Å²) in [5.74, 6) is -0.804. The molecule has 1 aromatic carbocycles. The zero-order chi connectivity index (χ0) is 9.97. The van der Waals surface area contributed by atoms with E-state index in [2.05, 4.69) is 0 Å². The van der Waals surface area contributed by atoms with Gasteiger partial charge in [-0.15, -0.1) is 0 Å². The van der Waals surface area contributed by atoms with Crippen molar-refractivity contribution < 1.29 is 9.59 Å². The first-order valence-electron chi connectivity index (χ1n) is 4.74. The van der Waals surface area contributed by atoms with Crippen LogP contribution in [0.5, 0.6) is 0 Å². The Hall–Kier alpha value is -1.38. The van der Waals surface area contributed by atoms with Gasteiger partial charge in [-0.2, -0.15) is 0 Å². The smallest absolute Gasteiger partial charge is 0.197 e. The largest absolute Gasteiger partial charge is 0.291 e. The molecule has 0 aromatic heterocycles. The van der Waals surface area contributed by atoms with Gasteiger partial charge in [0.1, 0.15) is 7.28 Å². The SMILES string of the molecule is O=C1CC[B]C(c2ccccc2)C1=O. The van der Waals surface area contributed by atoms with E-state index in [1.54, 1.807) is 0 Å². The normalized spacial score (nSPS) is 21.9. The van der Waals surface area contributed by atoms with E-state index in [9.17, 15) is 9.59 Å². The summed E-state index contributed by atoms with van der Waals surface area (Å²) in [7, 11) is 1.93. The van der Waals surface area contributed by atoms with Crippen molar-refractivity contribution in [3.8, 4) is 0 Å². The number of rotatable bonds is 1. The van der Waals surface area contributed by atoms with E-state index in [-0.39, 0.29) is 17.4 Å². The van der Waals surface area contributed by atoms with Crippen LogP contribution in [0.15, 0.2) is 30.3 Å². The number of Topliss-reactive ketones (excluding diaryl/α,β-unsaturated/α-hetero) is 2. The second kappa shape index (κ2) is 3.78. The Morgan fingerprint density at radius 3 is 2.57 bits per heavy atom. The minimum absolute atomic E-state index is 0.235. The van der Waals surface area contributed by atoms with Crippen LogP contribution >= 0.6 is 0 Å². The lowest BCUT2D eigenvalue weighted by molar-refractivity contribution is -0.136. The van der Waals surface area contributed by atoms with E-state index in [1.807, 2.05) is 37.6 Å². The second-order valence-electron chi connectivity index (χ2n) is 3.45. The minimum atomic E-state index is -0.308. The van der Waals surface area contributed by atoms with Crippen molar-refractivity contribution in [3.63, 3.8) is 0 Å². The fraction of sp³-hybridized carbons (Fsp3) is 0.273. The first-order valence-corrected chi connectivity index (χ1v) is 4.74. The average Bonchev–Trinajstić information content (AvgIpc) is 2.23. The molecule has 2 rings (SSSR count). The number of ketones is 2. The predicted octanol–water partition coefficient (Wildman–Crippen LogP) is 1.39. The second-order valence-corrected chi connectivity index (χ2v) is 3.45. The van der Waals surface area contributed by atoms with Crippen molar-refractivity contribution in [2.75, 3.05) is 0 Å². The predicted molar refractivity (Wildman–Crippen MR) is 54.4 cm³/mol. The zero-order valence-corrected chi connectivity index (χ0v) is 7.77. The van der Waals surface area contributed by atoms with E-state index < -0.39 is 0 Å². The Morgan fingerprint density at radius 1 is 1.14 bits per heavy atom. The van der Waals surface area contributed by atoms with E-state index in [0.717, 1.165) is 5.56 Å². The van der Waals surface area contributed by atoms with Gasteiger partial charge in [0.2, 0.25) is 0 Å². The lowest BCUT2D eigenvalue weighted by atomic mass is 9.53. The molecule has 1 radical (unpaired) electrons. The molecular formula is C11H10BO2. The monoisotopic (exact) mass is 185 g/mol. The van der Waals surface area contributed by atoms with E-state index in [0.29, 0.717) is 12.7 Å². The van der Waals surface area contributed by atoms with Crippen LogP contribution in [0.25, 0.3) is 0 Å². The maximum absolute atomic E-state index is 11.5. The van der Waals surface area contributed by atoms with Crippen molar-refractivity contribution >= 4 is 18.8 Å². The third-order valence-corrected chi connectivity index (χ3v) is 2.49. The highest BCUT2D eigenvalue weighted by Gasteiger charge is 2.30. The quantitative estimate of drug-likeness (QED) is 0.489. The molecule has 1 heterocycles. The van der Waals surface area contributed by atoms with Gasteiger partial charge >= 0.3 is 0 Å². The Bertz CT molecular complexity index is 359. The van der Waals surface area contributed by atoms with Crippen molar-refractivity contribution in [1.82, 2.24) is 0 Å². The first-order chi connectivity index (χ1) is 6.79. The molecule has 69 valence electrons. The molecule has 3 heteroatoms. The Morgan fingerprint density at radius 2 is 1.86 bits per heavy atom. The molecule has 1 saturated heterocycles. The van der Waals surface area contributed by atoms with Gasteiger partial charge in [-0.3, -0.25) is 9.59 Å². The molecule has 1 atom stereocenters. The van der Waals surface area contributed by atoms with E-state index >= 15 is 0 Å². The highest BCUT2D eigenvalue weighted by Crippen LogP contribution is 2.22. The van der Waals surface area contributed by atoms with Crippen molar-refractivity contribution in [3.05, 3.63) is 35.9 Å². The Labute approximate surface area is 83.6 Å². The molecule has 1 unspecified atom stereocenters. The summed E-state index contributed by atoms with van der Waals surface area (Å²) in [6.07, 6.45) is 1.09. The number of hydrogen-bond donors (Lipinski definition) is 0. The van der Waals surface area contributed by atoms with E-state index in [4.69, 9.17) is 0 Å². The van der Waals surface area contributed by atoms with Gasteiger partial charge in [0.15, 0.2) is 11.6 Å². The minimum Gasteiger partial charge on any atom is -0.291 e. The third kappa shape index (κ3) is 1.62. The van der Waals surface area contributed by atoms with Crippen LogP contribution in [-0.4, -0.2) is 18.8 Å². The molecule has 0 N–H and O–H groups in total. The molecule has 1 aliphatic rings. The van der Waals surface area contributed by atoms with Gasteiger partial charge in [0, 0.05) is 12.2 Å². The number of carbonyl (C=O) groups excluding carboxylic acids is 2. The average molecular weight is 185 g/mol. The topological polar surface area (TPSA) is 34.1 Å². The van der Waals surface area contributed by atoms with Crippen LogP contribution in [-0.2, 0) is 9.59 Å². The van der Waals surface area contributed by atoms with Gasteiger partial charge < -0.3 is 0 Å². The maximum atomic E-state index is 11.5. The number of carbonyl (C=O) groups is 2. The molecule has 1 fully saturated rings. The summed E-state index contributed by atoms with van der Waals surface area (Å²) in [5.41, 5.74) is 0.922. The molecule has 0 aliphatic carbocycles. The van der Waals surface area contributed by atoms with Crippen molar-refractivity contribution in [1.29, 1.82) is 0 Å². The maximum Gasteiger partial charge on any atom is 0.197 e. The van der Waals surface area contributed by atoms with Gasteiger partial charge in [0.25, 0.3) is 0 Å². The van der Waals surface area contributed by atoms with Crippen LogP contribution in [0.4, 0.5) is 0 Å². The fourth-order valence-electron chi connectivity index (χ4n) is 1.73. The molecule has 2 nitrogen and oxygen atoms in total. The number of benzene rings is 1. The van der Waals surface area contributed by atoms with Crippen LogP contribution in [0.1, 0.15) is 17.8 Å². The molecule has 0 spiro atoms. The molecule has 0 saturated carbocycles. The molecule has 14 heavy (non-hydrogen) atoms. The highest BCUT2D eigenvalue weighted by molar-refractivity contribution is 6.58. The lowest BCUT2D eigenvalue weighted by Crippen LogP contribution is -2.31. The standard InChI is InChI=1S/C11H10BO2/c13-9-6-7-12-10(11(9)14)8-4-2-1-3-5-8/h1-5,10H,6-7H2. The molecule has 1 aromatic rings. The highest BCUT2D eigenvalue weighted by atomic mass is 16.2. The number of hydrogen-bond acceptors (Lipinski definition) is 2. The van der Waals surface area contributed by atoms with Crippen LogP contribution in [0.3, 0.4) is 0 Å². The van der Waals surface area contributed by atoms with Gasteiger partial charge in [0.05, 0.1) is 0 Å². The van der Waals surface area contributed by atoms with Gasteiger partial charge in [-0.25, -0.2) is 0 Å². The first kappa shape index (κ1) is 9.19. The van der Waals surface area contributed by atoms with Crippen LogP contribution in [0.2, 0.25) is 6.32 Å². The fourth-order valence-corrected chi connectivity index (χ4v) is 1.73. The molecular weight excluding hydrogens is 175 g/mol. The van der Waals surface area contributed by atoms with Crippen LogP contribution in [0, 0.1) is 0 Å². The Balaban J connectivity index is 2.26. The van der Waals surface area contributed by atoms with Crippen molar-refractivity contribution in [2.24, 2.45) is 0 Å². The lowest BCUT2D eigenvalue weighted by Gasteiger charge is -2.18. The van der Waals surface area contributed by atoms with E-state index in [1.165, 1.54) is 0 Å². The van der Waals surface area contributed by atoms with Gasteiger partial charge in [-0.05, 0) is 5.56 Å². The molecule has 0 amide bonds. The summed E-state index contributed by atoms with van der Waals surface area (Å²) in [4.78, 5) is 22.8. The molecule has 1 aliphatic heterocycles. The Kier molecular flexibility index (Phi) is 2.48. The third-order valence-electron chi connectivity index (χ3n) is 2.49. The molecule has 0 bridgehead atoms. The summed E-state index contributed by atoms with van der Waals surface area (Å²) >= 11 is 0. The zero-order valence-electron chi connectivity index (χ0n) is 7.77. The summed E-state index contributed by atoms with van der Waals surface area (Å²) in [5, 5.41) is 0.